The van der Waals surface area contributed by atoms with E-state index < -0.39 is 0 Å². The molecule has 3 aromatic rings. The van der Waals surface area contributed by atoms with E-state index in [-0.39, 0.29) is 11.8 Å². The highest BCUT2D eigenvalue weighted by atomic mass is 16.5. The summed E-state index contributed by atoms with van der Waals surface area (Å²) in [4.78, 5) is 11.4. The lowest BCUT2D eigenvalue weighted by Crippen LogP contribution is -2.25. The molecule has 2 heterocycles. The first-order valence-corrected chi connectivity index (χ1v) is 10.0. The second kappa shape index (κ2) is 8.83. The summed E-state index contributed by atoms with van der Waals surface area (Å²) in [5.41, 5.74) is 6.61. The highest BCUT2D eigenvalue weighted by molar-refractivity contribution is 6.09. The molecule has 1 aliphatic heterocycles. The number of benzene rings is 2. The molecule has 158 valence electrons. The number of aromatic nitrogens is 1. The summed E-state index contributed by atoms with van der Waals surface area (Å²) in [5.74, 6) is 0.829. The molecule has 1 amide bonds. The predicted molar refractivity (Wildman–Crippen MR) is 121 cm³/mol. The first-order chi connectivity index (χ1) is 15.1. The molecule has 0 radical (unpaired) electrons. The van der Waals surface area contributed by atoms with Gasteiger partial charge in [0.25, 0.3) is 0 Å². The van der Waals surface area contributed by atoms with Crippen molar-refractivity contribution in [1.82, 2.24) is 9.99 Å². The number of fused-ring (bicyclic) bond motifs is 1. The minimum atomic E-state index is -0.0813. The van der Waals surface area contributed by atoms with E-state index in [4.69, 9.17) is 4.74 Å². The monoisotopic (exact) mass is 417 g/mol. The molecule has 8 nitrogen and oxygen atoms in total. The van der Waals surface area contributed by atoms with Crippen LogP contribution in [-0.4, -0.2) is 40.8 Å². The zero-order chi connectivity index (χ0) is 21.8. The number of methoxy groups -OCH3 is 1. The summed E-state index contributed by atoms with van der Waals surface area (Å²) in [6.45, 7) is 2.58. The molecule has 0 unspecified atom stereocenters. The molecule has 2 aromatic carbocycles. The topological polar surface area (TPSA) is 101 Å². The molecule has 31 heavy (non-hydrogen) atoms. The van der Waals surface area contributed by atoms with Crippen LogP contribution in [0.1, 0.15) is 36.5 Å². The Labute approximate surface area is 179 Å². The van der Waals surface area contributed by atoms with Crippen molar-refractivity contribution in [1.29, 1.82) is 0 Å². The number of carbonyl (C=O) groups is 1. The summed E-state index contributed by atoms with van der Waals surface area (Å²) in [5, 5.41) is 24.0. The lowest BCUT2D eigenvalue weighted by molar-refractivity contribution is -0.121. The number of nitrogens with one attached hydrogen (secondary N) is 1. The highest BCUT2D eigenvalue weighted by Crippen LogP contribution is 2.31. The Bertz CT molecular complexity index is 1210. The number of aromatic hydroxyl groups is 1. The van der Waals surface area contributed by atoms with Crippen LogP contribution >= 0.6 is 0 Å². The molecule has 0 spiro atoms. The number of ether oxygens (including phenoxy) is 1. The standard InChI is InChI=1S/C23H23N5O3/c1-3-28-21-10-6-16(20-9-11-22(29)27-26-20)12-18(21)19(23(28)30)14-25-24-13-15-4-7-17(31-2)8-5-15/h4-8,10,12-14,30H,3,9,11H2,1-2H3,(H,27,29)/b24-13?,25-14+. The van der Waals surface area contributed by atoms with Gasteiger partial charge in [0, 0.05) is 24.8 Å². The molecule has 0 aliphatic carbocycles. The Morgan fingerprint density at radius 2 is 1.94 bits per heavy atom. The Morgan fingerprint density at radius 1 is 1.16 bits per heavy atom. The Hall–Kier alpha value is -3.94. The summed E-state index contributed by atoms with van der Waals surface area (Å²) in [6, 6.07) is 13.3. The van der Waals surface area contributed by atoms with Crippen molar-refractivity contribution in [3.05, 3.63) is 59.2 Å². The summed E-state index contributed by atoms with van der Waals surface area (Å²) in [7, 11) is 1.62. The van der Waals surface area contributed by atoms with Crippen LogP contribution in [0.15, 0.2) is 57.8 Å². The van der Waals surface area contributed by atoms with Gasteiger partial charge in [-0.3, -0.25) is 4.79 Å². The van der Waals surface area contributed by atoms with Gasteiger partial charge in [-0.25, -0.2) is 5.43 Å². The third-order valence-electron chi connectivity index (χ3n) is 5.20. The minimum Gasteiger partial charge on any atom is -0.497 e. The SMILES string of the molecule is CCn1c(O)c(/C=N/N=Cc2ccc(OC)cc2)c2cc(C3=NNC(=O)CC3)ccc21. The van der Waals surface area contributed by atoms with E-state index >= 15 is 0 Å². The van der Waals surface area contributed by atoms with Gasteiger partial charge in [0.05, 0.1) is 36.3 Å². The van der Waals surface area contributed by atoms with Crippen molar-refractivity contribution in [3.8, 4) is 11.6 Å². The van der Waals surface area contributed by atoms with E-state index in [1.165, 1.54) is 0 Å². The fourth-order valence-electron chi connectivity index (χ4n) is 3.56. The van der Waals surface area contributed by atoms with E-state index in [0.29, 0.717) is 24.9 Å². The van der Waals surface area contributed by atoms with Crippen LogP contribution in [0, 0.1) is 0 Å². The molecule has 0 saturated heterocycles. The molecule has 0 bridgehead atoms. The van der Waals surface area contributed by atoms with Crippen LogP contribution < -0.4 is 10.2 Å². The largest absolute Gasteiger partial charge is 0.497 e. The number of amides is 1. The number of carbonyl (C=O) groups excluding carboxylic acids is 1. The van der Waals surface area contributed by atoms with Gasteiger partial charge in [0.15, 0.2) is 0 Å². The lowest BCUT2D eigenvalue weighted by atomic mass is 10.0. The minimum absolute atomic E-state index is 0.0813. The molecule has 2 N–H and O–H groups in total. The van der Waals surface area contributed by atoms with Gasteiger partial charge in [0.2, 0.25) is 11.8 Å². The van der Waals surface area contributed by atoms with Crippen molar-refractivity contribution < 1.29 is 14.6 Å². The predicted octanol–water partition coefficient (Wildman–Crippen LogP) is 3.44. The molecule has 8 heteroatoms. The van der Waals surface area contributed by atoms with Gasteiger partial charge in [0.1, 0.15) is 5.75 Å². The summed E-state index contributed by atoms with van der Waals surface area (Å²) in [6.07, 6.45) is 4.18. The van der Waals surface area contributed by atoms with Gasteiger partial charge in [-0.2, -0.15) is 15.3 Å². The summed E-state index contributed by atoms with van der Waals surface area (Å²) < 4.78 is 6.96. The van der Waals surface area contributed by atoms with Crippen molar-refractivity contribution in [2.45, 2.75) is 26.3 Å². The second-order valence-electron chi connectivity index (χ2n) is 7.07. The number of hydrogen-bond acceptors (Lipinski definition) is 6. The second-order valence-corrected chi connectivity index (χ2v) is 7.07. The van der Waals surface area contributed by atoms with Crippen LogP contribution in [0.4, 0.5) is 0 Å². The quantitative estimate of drug-likeness (QED) is 0.474. The third kappa shape index (κ3) is 4.18. The summed E-state index contributed by atoms with van der Waals surface area (Å²) >= 11 is 0. The van der Waals surface area contributed by atoms with Crippen LogP contribution in [0.2, 0.25) is 0 Å². The first-order valence-electron chi connectivity index (χ1n) is 10.0. The van der Waals surface area contributed by atoms with Crippen LogP contribution in [0.3, 0.4) is 0 Å². The zero-order valence-corrected chi connectivity index (χ0v) is 17.4. The normalized spacial score (nSPS) is 14.4. The number of hydrogen-bond donors (Lipinski definition) is 2. The van der Waals surface area contributed by atoms with Gasteiger partial charge in [-0.1, -0.05) is 6.07 Å². The Kier molecular flexibility index (Phi) is 5.79. The lowest BCUT2D eigenvalue weighted by Gasteiger charge is -2.12. The molecule has 1 aliphatic rings. The zero-order valence-electron chi connectivity index (χ0n) is 17.4. The average molecular weight is 417 g/mol. The molecular weight excluding hydrogens is 394 g/mol. The van der Waals surface area contributed by atoms with Crippen LogP contribution in [0.5, 0.6) is 11.6 Å². The average Bonchev–Trinajstić information content (AvgIpc) is 3.07. The Morgan fingerprint density at radius 3 is 2.61 bits per heavy atom. The van der Waals surface area contributed by atoms with Gasteiger partial charge in [-0.15, -0.1) is 0 Å². The van der Waals surface area contributed by atoms with Crippen molar-refractivity contribution >= 4 is 35.0 Å². The molecule has 0 atom stereocenters. The van der Waals surface area contributed by atoms with Gasteiger partial charge < -0.3 is 14.4 Å². The van der Waals surface area contributed by atoms with E-state index in [1.807, 2.05) is 54.0 Å². The molecule has 4 rings (SSSR count). The van der Waals surface area contributed by atoms with Crippen molar-refractivity contribution in [2.75, 3.05) is 7.11 Å². The number of aryl methyl sites for hydroxylation is 1. The van der Waals surface area contributed by atoms with Crippen LogP contribution in [0.25, 0.3) is 10.9 Å². The first kappa shape index (κ1) is 20.3. The van der Waals surface area contributed by atoms with Gasteiger partial charge >= 0.3 is 0 Å². The van der Waals surface area contributed by atoms with E-state index in [1.54, 1.807) is 19.5 Å². The molecule has 0 saturated carbocycles. The third-order valence-corrected chi connectivity index (χ3v) is 5.20. The van der Waals surface area contributed by atoms with Crippen LogP contribution in [-0.2, 0) is 11.3 Å². The fraction of sp³-hybridized carbons (Fsp3) is 0.217. The molecule has 0 fully saturated rings. The van der Waals surface area contributed by atoms with Crippen molar-refractivity contribution in [3.63, 3.8) is 0 Å². The van der Waals surface area contributed by atoms with E-state index in [2.05, 4.69) is 20.7 Å². The van der Waals surface area contributed by atoms with E-state index in [0.717, 1.165) is 33.5 Å². The Balaban J connectivity index is 1.66. The van der Waals surface area contributed by atoms with Gasteiger partial charge in [-0.05, 0) is 54.4 Å². The fourth-order valence-corrected chi connectivity index (χ4v) is 3.56. The maximum absolute atomic E-state index is 11.4. The molecular formula is C23H23N5O3. The smallest absolute Gasteiger partial charge is 0.240 e. The number of hydrazone groups is 1. The number of nitrogens with zero attached hydrogens (tertiary/aromatic N) is 4. The highest BCUT2D eigenvalue weighted by Gasteiger charge is 2.18. The van der Waals surface area contributed by atoms with Crippen molar-refractivity contribution in [2.24, 2.45) is 15.3 Å². The maximum atomic E-state index is 11.4. The number of rotatable bonds is 6. The van der Waals surface area contributed by atoms with E-state index in [9.17, 15) is 9.90 Å². The molecule has 1 aromatic heterocycles. The maximum Gasteiger partial charge on any atom is 0.240 e.